The number of amides is 1. The van der Waals surface area contributed by atoms with Gasteiger partial charge in [-0.1, -0.05) is 47.1 Å². The average Bonchev–Trinajstić information content (AvgIpc) is 2.46. The highest BCUT2D eigenvalue weighted by Crippen LogP contribution is 2.16. The summed E-state index contributed by atoms with van der Waals surface area (Å²) in [5.74, 6) is 0.0516. The molecular weight excluding hydrogens is 304 g/mol. The standard InChI is InChI=1S/C15H17BrN2O/c1-2-13(16)15(19)18-10-8-12-6-3-5-11-7-4-9-17-14(11)12/h3-7,9,13H,2,8,10H2,1H3,(H,18,19). The molecule has 100 valence electrons. The van der Waals surface area contributed by atoms with Crippen LogP contribution >= 0.6 is 15.9 Å². The zero-order valence-electron chi connectivity index (χ0n) is 10.9. The number of fused-ring (bicyclic) bond motifs is 1. The van der Waals surface area contributed by atoms with E-state index in [-0.39, 0.29) is 10.7 Å². The molecule has 1 unspecified atom stereocenters. The van der Waals surface area contributed by atoms with Crippen molar-refractivity contribution in [1.29, 1.82) is 0 Å². The highest BCUT2D eigenvalue weighted by atomic mass is 79.9. The second-order valence-corrected chi connectivity index (χ2v) is 5.51. The molecule has 0 fully saturated rings. The molecule has 0 aliphatic rings. The van der Waals surface area contributed by atoms with Gasteiger partial charge < -0.3 is 5.32 Å². The van der Waals surface area contributed by atoms with Crippen molar-refractivity contribution >= 4 is 32.7 Å². The van der Waals surface area contributed by atoms with Crippen LogP contribution in [-0.4, -0.2) is 22.3 Å². The van der Waals surface area contributed by atoms with E-state index >= 15 is 0 Å². The molecule has 1 amide bonds. The summed E-state index contributed by atoms with van der Waals surface area (Å²) < 4.78 is 0. The maximum absolute atomic E-state index is 11.7. The first kappa shape index (κ1) is 14.0. The molecule has 0 saturated carbocycles. The molecule has 2 aromatic rings. The van der Waals surface area contributed by atoms with Crippen LogP contribution in [0.3, 0.4) is 0 Å². The van der Waals surface area contributed by atoms with Crippen LogP contribution in [0.1, 0.15) is 18.9 Å². The summed E-state index contributed by atoms with van der Waals surface area (Å²) in [5, 5.41) is 4.07. The molecule has 0 aliphatic carbocycles. The fourth-order valence-corrected chi connectivity index (χ4v) is 2.15. The summed E-state index contributed by atoms with van der Waals surface area (Å²) in [6.45, 7) is 2.62. The van der Waals surface area contributed by atoms with Crippen molar-refractivity contribution < 1.29 is 4.79 Å². The fourth-order valence-electron chi connectivity index (χ4n) is 1.99. The molecule has 0 aliphatic heterocycles. The Morgan fingerprint density at radius 1 is 1.37 bits per heavy atom. The summed E-state index contributed by atoms with van der Waals surface area (Å²) in [5.41, 5.74) is 2.19. The zero-order chi connectivity index (χ0) is 13.7. The summed E-state index contributed by atoms with van der Waals surface area (Å²) >= 11 is 3.34. The van der Waals surface area contributed by atoms with Crippen molar-refractivity contribution in [1.82, 2.24) is 10.3 Å². The van der Waals surface area contributed by atoms with Gasteiger partial charge in [0.2, 0.25) is 5.91 Å². The number of para-hydroxylation sites is 1. The molecule has 0 saturated heterocycles. The quantitative estimate of drug-likeness (QED) is 0.860. The van der Waals surface area contributed by atoms with E-state index in [0.29, 0.717) is 6.54 Å². The number of alkyl halides is 1. The van der Waals surface area contributed by atoms with Gasteiger partial charge in [-0.25, -0.2) is 0 Å². The van der Waals surface area contributed by atoms with E-state index < -0.39 is 0 Å². The van der Waals surface area contributed by atoms with Crippen LogP contribution in [0.4, 0.5) is 0 Å². The first-order valence-corrected chi connectivity index (χ1v) is 7.38. The Hall–Kier alpha value is -1.42. The highest BCUT2D eigenvalue weighted by molar-refractivity contribution is 9.10. The van der Waals surface area contributed by atoms with Crippen LogP contribution < -0.4 is 5.32 Å². The van der Waals surface area contributed by atoms with Crippen LogP contribution in [0.2, 0.25) is 0 Å². The van der Waals surface area contributed by atoms with Gasteiger partial charge in [0.1, 0.15) is 0 Å². The summed E-state index contributed by atoms with van der Waals surface area (Å²) in [7, 11) is 0. The Labute approximate surface area is 121 Å². The van der Waals surface area contributed by atoms with Crippen LogP contribution in [-0.2, 0) is 11.2 Å². The molecule has 1 atom stereocenters. The summed E-state index contributed by atoms with van der Waals surface area (Å²) in [6, 6.07) is 10.1. The maximum Gasteiger partial charge on any atom is 0.233 e. The molecule has 1 heterocycles. The lowest BCUT2D eigenvalue weighted by molar-refractivity contribution is -0.120. The molecule has 3 nitrogen and oxygen atoms in total. The number of pyridine rings is 1. The number of benzene rings is 1. The van der Waals surface area contributed by atoms with Gasteiger partial charge in [0.15, 0.2) is 0 Å². The number of nitrogens with one attached hydrogen (secondary N) is 1. The van der Waals surface area contributed by atoms with Crippen molar-refractivity contribution in [2.24, 2.45) is 0 Å². The van der Waals surface area contributed by atoms with E-state index in [1.807, 2.05) is 19.1 Å². The summed E-state index contributed by atoms with van der Waals surface area (Å²) in [6.07, 6.45) is 3.39. The Balaban J connectivity index is 2.01. The zero-order valence-corrected chi connectivity index (χ0v) is 12.5. The number of carbonyl (C=O) groups is 1. The highest BCUT2D eigenvalue weighted by Gasteiger charge is 2.11. The lowest BCUT2D eigenvalue weighted by Crippen LogP contribution is -2.32. The molecule has 0 bridgehead atoms. The smallest absolute Gasteiger partial charge is 0.233 e. The minimum atomic E-state index is -0.0989. The number of carbonyl (C=O) groups excluding carboxylic acids is 1. The van der Waals surface area contributed by atoms with Crippen LogP contribution in [0.5, 0.6) is 0 Å². The minimum Gasteiger partial charge on any atom is -0.355 e. The van der Waals surface area contributed by atoms with Crippen molar-refractivity contribution in [3.63, 3.8) is 0 Å². The molecule has 1 aromatic heterocycles. The third kappa shape index (κ3) is 3.53. The van der Waals surface area contributed by atoms with Crippen LogP contribution in [0.25, 0.3) is 10.9 Å². The van der Waals surface area contributed by atoms with Crippen LogP contribution in [0, 0.1) is 0 Å². The van der Waals surface area contributed by atoms with Crippen molar-refractivity contribution in [2.45, 2.75) is 24.6 Å². The van der Waals surface area contributed by atoms with Gasteiger partial charge in [-0.05, 0) is 24.5 Å². The van der Waals surface area contributed by atoms with Crippen molar-refractivity contribution in [3.8, 4) is 0 Å². The predicted molar refractivity (Wildman–Crippen MR) is 81.5 cm³/mol. The summed E-state index contributed by atoms with van der Waals surface area (Å²) in [4.78, 5) is 16.0. The lowest BCUT2D eigenvalue weighted by atomic mass is 10.1. The van der Waals surface area contributed by atoms with E-state index in [4.69, 9.17) is 0 Å². The van der Waals surface area contributed by atoms with Gasteiger partial charge in [-0.2, -0.15) is 0 Å². The first-order chi connectivity index (χ1) is 9.22. The molecule has 4 heteroatoms. The SMILES string of the molecule is CCC(Br)C(=O)NCCc1cccc2cccnc12. The average molecular weight is 321 g/mol. The van der Waals surface area contributed by atoms with Crippen molar-refractivity contribution in [3.05, 3.63) is 42.1 Å². The predicted octanol–water partition coefficient (Wildman–Crippen LogP) is 3.07. The molecule has 1 aromatic carbocycles. The van der Waals surface area contributed by atoms with Crippen molar-refractivity contribution in [2.75, 3.05) is 6.54 Å². The number of rotatable bonds is 5. The normalized spacial score (nSPS) is 12.3. The third-order valence-electron chi connectivity index (χ3n) is 3.05. The van der Waals surface area contributed by atoms with E-state index in [9.17, 15) is 4.79 Å². The molecule has 19 heavy (non-hydrogen) atoms. The van der Waals surface area contributed by atoms with Crippen LogP contribution in [0.15, 0.2) is 36.5 Å². The molecule has 1 N–H and O–H groups in total. The Morgan fingerprint density at radius 2 is 2.16 bits per heavy atom. The van der Waals surface area contributed by atoms with Gasteiger partial charge in [0.05, 0.1) is 10.3 Å². The number of aromatic nitrogens is 1. The topological polar surface area (TPSA) is 42.0 Å². The Morgan fingerprint density at radius 3 is 2.95 bits per heavy atom. The van der Waals surface area contributed by atoms with E-state index in [1.54, 1.807) is 6.20 Å². The molecule has 0 spiro atoms. The lowest BCUT2D eigenvalue weighted by Gasteiger charge is -2.09. The minimum absolute atomic E-state index is 0.0516. The third-order valence-corrected chi connectivity index (χ3v) is 4.12. The van der Waals surface area contributed by atoms with Gasteiger partial charge >= 0.3 is 0 Å². The molecule has 2 rings (SSSR count). The second-order valence-electron chi connectivity index (χ2n) is 4.41. The van der Waals surface area contributed by atoms with E-state index in [1.165, 1.54) is 5.56 Å². The number of hydrogen-bond acceptors (Lipinski definition) is 2. The number of nitrogens with zero attached hydrogens (tertiary/aromatic N) is 1. The van der Waals surface area contributed by atoms with E-state index in [2.05, 4.69) is 44.4 Å². The molecule has 0 radical (unpaired) electrons. The Kier molecular flexibility index (Phi) is 4.91. The molecular formula is C15H17BrN2O. The second kappa shape index (κ2) is 6.66. The fraction of sp³-hybridized carbons (Fsp3) is 0.333. The Bertz CT molecular complexity index is 566. The largest absolute Gasteiger partial charge is 0.355 e. The monoisotopic (exact) mass is 320 g/mol. The number of halogens is 1. The van der Waals surface area contributed by atoms with Gasteiger partial charge in [-0.15, -0.1) is 0 Å². The maximum atomic E-state index is 11.7. The van der Waals surface area contributed by atoms with E-state index in [0.717, 1.165) is 23.7 Å². The number of hydrogen-bond donors (Lipinski definition) is 1. The van der Waals surface area contributed by atoms with Gasteiger partial charge in [0.25, 0.3) is 0 Å². The van der Waals surface area contributed by atoms with Gasteiger partial charge in [-0.3, -0.25) is 9.78 Å². The van der Waals surface area contributed by atoms with Gasteiger partial charge in [0, 0.05) is 18.1 Å². The first-order valence-electron chi connectivity index (χ1n) is 6.46.